The molecule has 1 atom stereocenters. The van der Waals surface area contributed by atoms with Gasteiger partial charge >= 0.3 is 5.97 Å². The van der Waals surface area contributed by atoms with E-state index in [0.717, 1.165) is 28.1 Å². The normalized spacial score (nSPS) is 12.0. The lowest BCUT2D eigenvalue weighted by Crippen LogP contribution is -2.20. The number of fused-ring (bicyclic) bond motifs is 1. The van der Waals surface area contributed by atoms with Crippen LogP contribution in [0.15, 0.2) is 82.4 Å². The molecule has 0 saturated carbocycles. The predicted molar refractivity (Wildman–Crippen MR) is 142 cm³/mol. The highest BCUT2D eigenvalue weighted by atomic mass is 32.2. The molecule has 0 spiro atoms. The van der Waals surface area contributed by atoms with Crippen LogP contribution in [0.25, 0.3) is 28.0 Å². The summed E-state index contributed by atoms with van der Waals surface area (Å²) in [7, 11) is 3.12. The van der Waals surface area contributed by atoms with Crippen molar-refractivity contribution in [2.45, 2.75) is 23.8 Å². The number of nitrogens with zero attached hydrogens (tertiary/aromatic N) is 3. The highest BCUT2D eigenvalue weighted by Gasteiger charge is 2.29. The lowest BCUT2D eigenvalue weighted by Gasteiger charge is -2.18. The van der Waals surface area contributed by atoms with Gasteiger partial charge in [0.2, 0.25) is 5.82 Å². The van der Waals surface area contributed by atoms with E-state index in [4.69, 9.17) is 13.9 Å². The quantitative estimate of drug-likeness (QED) is 0.246. The first-order valence-electron chi connectivity index (χ1n) is 11.6. The third-order valence-electron chi connectivity index (χ3n) is 6.03. The van der Waals surface area contributed by atoms with E-state index < -0.39 is 11.2 Å². The molecule has 188 valence electrons. The number of ether oxygens (including phenoxy) is 2. The van der Waals surface area contributed by atoms with Gasteiger partial charge in [0, 0.05) is 0 Å². The molecule has 37 heavy (non-hydrogen) atoms. The predicted octanol–water partition coefficient (Wildman–Crippen LogP) is 5.79. The largest absolute Gasteiger partial charge is 0.494 e. The Balaban J connectivity index is 1.62. The molecule has 1 unspecified atom stereocenters. The van der Waals surface area contributed by atoms with Crippen molar-refractivity contribution in [1.82, 2.24) is 14.8 Å². The topological polar surface area (TPSA) is 99.6 Å². The summed E-state index contributed by atoms with van der Waals surface area (Å²) in [6, 6.07) is 22.9. The summed E-state index contributed by atoms with van der Waals surface area (Å²) in [5.41, 5.74) is 1.50. The summed E-state index contributed by atoms with van der Waals surface area (Å²) < 4.78 is 18.9. The Kier molecular flexibility index (Phi) is 6.87. The lowest BCUT2D eigenvalue weighted by atomic mass is 10.0. The second kappa shape index (κ2) is 10.4. The molecule has 0 saturated heterocycles. The third kappa shape index (κ3) is 4.77. The molecule has 3 aromatic carbocycles. The Morgan fingerprint density at radius 3 is 2.35 bits per heavy atom. The summed E-state index contributed by atoms with van der Waals surface area (Å²) in [5.74, 6) is 1.70. The van der Waals surface area contributed by atoms with Crippen LogP contribution in [0.3, 0.4) is 0 Å². The fourth-order valence-electron chi connectivity index (χ4n) is 4.29. The van der Waals surface area contributed by atoms with E-state index in [-0.39, 0.29) is 0 Å². The van der Waals surface area contributed by atoms with Crippen molar-refractivity contribution < 1.29 is 23.8 Å². The molecule has 5 rings (SSSR count). The highest BCUT2D eigenvalue weighted by Crippen LogP contribution is 2.40. The van der Waals surface area contributed by atoms with Gasteiger partial charge in [-0.1, -0.05) is 60.3 Å². The number of rotatable bonds is 9. The fourth-order valence-corrected chi connectivity index (χ4v) is 5.28. The van der Waals surface area contributed by atoms with E-state index in [1.807, 2.05) is 61.5 Å². The Morgan fingerprint density at radius 2 is 1.68 bits per heavy atom. The summed E-state index contributed by atoms with van der Waals surface area (Å²) >= 11 is 1.12. The number of methoxy groups -OCH3 is 2. The number of aliphatic carboxylic acids is 1. The average molecular weight is 516 g/mol. The van der Waals surface area contributed by atoms with Crippen LogP contribution in [-0.4, -0.2) is 45.3 Å². The number of carboxylic acids is 1. The van der Waals surface area contributed by atoms with E-state index >= 15 is 0 Å². The maximum absolute atomic E-state index is 12.5. The molecule has 0 radical (unpaired) electrons. The average Bonchev–Trinajstić information content (AvgIpc) is 3.53. The molecule has 2 heterocycles. The van der Waals surface area contributed by atoms with Crippen molar-refractivity contribution in [2.24, 2.45) is 0 Å². The zero-order valence-corrected chi connectivity index (χ0v) is 21.4. The van der Waals surface area contributed by atoms with Crippen LogP contribution in [0.5, 0.6) is 11.5 Å². The van der Waals surface area contributed by atoms with Crippen molar-refractivity contribution >= 4 is 28.5 Å². The first-order valence-corrected chi connectivity index (χ1v) is 12.5. The van der Waals surface area contributed by atoms with Gasteiger partial charge in [-0.25, -0.2) is 0 Å². The van der Waals surface area contributed by atoms with E-state index in [9.17, 15) is 9.90 Å². The molecular formula is C28H25N3O5S. The number of aryl methyl sites for hydroxylation is 1. The molecule has 8 nitrogen and oxygen atoms in total. The molecule has 0 aliphatic rings. The van der Waals surface area contributed by atoms with Gasteiger partial charge in [0.25, 0.3) is 0 Å². The number of thioether (sulfide) groups is 1. The molecule has 9 heteroatoms. The number of para-hydroxylation sites is 1. The van der Waals surface area contributed by atoms with Crippen molar-refractivity contribution in [2.75, 3.05) is 14.2 Å². The van der Waals surface area contributed by atoms with Gasteiger partial charge in [-0.3, -0.25) is 9.36 Å². The van der Waals surface area contributed by atoms with Crippen molar-refractivity contribution in [3.05, 3.63) is 84.1 Å². The van der Waals surface area contributed by atoms with Crippen LogP contribution in [0.4, 0.5) is 0 Å². The zero-order chi connectivity index (χ0) is 25.9. The lowest BCUT2D eigenvalue weighted by molar-refractivity contribution is -0.136. The molecule has 0 aliphatic carbocycles. The Bertz CT molecular complexity index is 1550. The minimum absolute atomic E-state index is 0.298. The van der Waals surface area contributed by atoms with E-state index in [0.29, 0.717) is 46.1 Å². The SMILES string of the molecule is COc1cccc(OC)c1-n1c(SC(Cc2cccc3ccccc23)C(=O)O)nnc1-c1ccc(C)o1. The summed E-state index contributed by atoms with van der Waals surface area (Å²) in [6.07, 6.45) is 0.298. The monoisotopic (exact) mass is 515 g/mol. The molecule has 0 fully saturated rings. The van der Waals surface area contributed by atoms with Gasteiger partial charge in [-0.15, -0.1) is 10.2 Å². The minimum atomic E-state index is -0.949. The number of benzene rings is 3. The van der Waals surface area contributed by atoms with Gasteiger partial charge in [0.15, 0.2) is 10.9 Å². The van der Waals surface area contributed by atoms with Crippen LogP contribution in [0.1, 0.15) is 11.3 Å². The Morgan fingerprint density at radius 1 is 0.973 bits per heavy atom. The Hall–Kier alpha value is -4.24. The molecule has 1 N–H and O–H groups in total. The standard InChI is InChI=1S/C28H25N3O5S/c1-17-14-15-23(36-17)26-29-30-28(31(26)25-21(34-2)12-7-13-22(25)35-3)37-24(27(32)33)16-19-10-6-9-18-8-4-5-11-20(18)19/h4-15,24H,16H2,1-3H3,(H,32,33). The zero-order valence-electron chi connectivity index (χ0n) is 20.5. The molecule has 0 aliphatic heterocycles. The van der Waals surface area contributed by atoms with Crippen LogP contribution in [0.2, 0.25) is 0 Å². The van der Waals surface area contributed by atoms with Crippen molar-refractivity contribution in [3.63, 3.8) is 0 Å². The van der Waals surface area contributed by atoms with Crippen LogP contribution in [0, 0.1) is 6.92 Å². The molecule has 2 aromatic heterocycles. The van der Waals surface area contributed by atoms with Gasteiger partial charge in [0.1, 0.15) is 28.2 Å². The second-order valence-electron chi connectivity index (χ2n) is 8.35. The van der Waals surface area contributed by atoms with E-state index in [1.165, 1.54) is 0 Å². The molecular weight excluding hydrogens is 490 g/mol. The Labute approximate surface area is 217 Å². The maximum Gasteiger partial charge on any atom is 0.317 e. The van der Waals surface area contributed by atoms with Crippen LogP contribution in [-0.2, 0) is 11.2 Å². The van der Waals surface area contributed by atoms with Crippen molar-refractivity contribution in [3.8, 4) is 28.8 Å². The second-order valence-corrected chi connectivity index (χ2v) is 9.52. The number of aromatic nitrogens is 3. The molecule has 0 amide bonds. The van der Waals surface area contributed by atoms with Gasteiger partial charge < -0.3 is 19.0 Å². The van der Waals surface area contributed by atoms with Crippen molar-refractivity contribution in [1.29, 1.82) is 0 Å². The van der Waals surface area contributed by atoms with Crippen LogP contribution >= 0.6 is 11.8 Å². The fraction of sp³-hybridized carbons (Fsp3) is 0.179. The number of carboxylic acid groups (broad SMARTS) is 1. The number of carbonyl (C=O) groups is 1. The summed E-state index contributed by atoms with van der Waals surface area (Å²) in [6.45, 7) is 1.84. The minimum Gasteiger partial charge on any atom is -0.494 e. The maximum atomic E-state index is 12.5. The molecule has 5 aromatic rings. The summed E-state index contributed by atoms with van der Waals surface area (Å²) in [5, 5.41) is 20.6. The number of furan rings is 1. The first-order chi connectivity index (χ1) is 18.0. The van der Waals surface area contributed by atoms with E-state index in [1.54, 1.807) is 37.0 Å². The third-order valence-corrected chi connectivity index (χ3v) is 7.16. The summed E-state index contributed by atoms with van der Waals surface area (Å²) in [4.78, 5) is 12.5. The van der Waals surface area contributed by atoms with E-state index in [2.05, 4.69) is 10.2 Å². The van der Waals surface area contributed by atoms with Gasteiger partial charge in [-0.05, 0) is 53.9 Å². The van der Waals surface area contributed by atoms with Gasteiger partial charge in [0.05, 0.1) is 14.2 Å². The van der Waals surface area contributed by atoms with Crippen LogP contribution < -0.4 is 9.47 Å². The smallest absolute Gasteiger partial charge is 0.317 e. The van der Waals surface area contributed by atoms with Gasteiger partial charge in [-0.2, -0.15) is 0 Å². The number of hydrogen-bond donors (Lipinski definition) is 1. The highest BCUT2D eigenvalue weighted by molar-refractivity contribution is 8.00. The number of hydrogen-bond acceptors (Lipinski definition) is 7. The first kappa shape index (κ1) is 24.5. The molecule has 0 bridgehead atoms.